The Hall–Kier alpha value is -0.770. The summed E-state index contributed by atoms with van der Waals surface area (Å²) >= 11 is 0. The van der Waals surface area contributed by atoms with Crippen molar-refractivity contribution in [1.29, 1.82) is 0 Å². The highest BCUT2D eigenvalue weighted by Crippen LogP contribution is 2.42. The number of ether oxygens (including phenoxy) is 2. The van der Waals surface area contributed by atoms with Crippen LogP contribution in [-0.4, -0.2) is 41.4 Å². The number of likely N-dealkylation sites (tertiary alicyclic amines) is 1. The lowest BCUT2D eigenvalue weighted by Gasteiger charge is -2.31. The summed E-state index contributed by atoms with van der Waals surface area (Å²) in [6.45, 7) is 9.41. The van der Waals surface area contributed by atoms with Gasteiger partial charge in [-0.25, -0.2) is 4.79 Å². The smallest absolute Gasteiger partial charge is 0.410 e. The second-order valence-electron chi connectivity index (χ2n) is 6.04. The molecule has 2 fully saturated rings. The minimum Gasteiger partial charge on any atom is -0.444 e. The minimum atomic E-state index is -0.423. The first-order valence-corrected chi connectivity index (χ1v) is 6.51. The molecule has 0 aliphatic carbocycles. The zero-order valence-corrected chi connectivity index (χ0v) is 11.3. The van der Waals surface area contributed by atoms with Gasteiger partial charge in [0.2, 0.25) is 0 Å². The van der Waals surface area contributed by atoms with E-state index < -0.39 is 5.60 Å². The Morgan fingerprint density at radius 2 is 2.18 bits per heavy atom. The van der Waals surface area contributed by atoms with Crippen molar-refractivity contribution >= 4 is 6.09 Å². The van der Waals surface area contributed by atoms with Gasteiger partial charge in [0.1, 0.15) is 11.2 Å². The predicted octanol–water partition coefficient (Wildman–Crippen LogP) is 2.56. The average molecular weight is 241 g/mol. The SMILES string of the molecule is CC[C@@]1([C@@H]2CCCN2C(=O)OC(C)(C)C)CO1. The van der Waals surface area contributed by atoms with Crippen molar-refractivity contribution in [2.45, 2.75) is 64.2 Å². The molecule has 0 aromatic rings. The van der Waals surface area contributed by atoms with Gasteiger partial charge in [-0.15, -0.1) is 0 Å². The van der Waals surface area contributed by atoms with Crippen LogP contribution in [0.5, 0.6) is 0 Å². The first-order chi connectivity index (χ1) is 7.88. The second kappa shape index (κ2) is 4.16. The molecule has 0 N–H and O–H groups in total. The average Bonchev–Trinajstić information content (AvgIpc) is 2.85. The van der Waals surface area contributed by atoms with Gasteiger partial charge in [-0.2, -0.15) is 0 Å². The molecule has 2 atom stereocenters. The van der Waals surface area contributed by atoms with Gasteiger partial charge in [0.15, 0.2) is 0 Å². The van der Waals surface area contributed by atoms with Crippen molar-refractivity contribution in [3.05, 3.63) is 0 Å². The van der Waals surface area contributed by atoms with Gasteiger partial charge >= 0.3 is 6.09 Å². The molecule has 0 saturated carbocycles. The van der Waals surface area contributed by atoms with E-state index in [1.54, 1.807) is 0 Å². The Kier molecular flexibility index (Phi) is 3.10. The van der Waals surface area contributed by atoms with Crippen molar-refractivity contribution in [3.8, 4) is 0 Å². The predicted molar refractivity (Wildman–Crippen MR) is 64.9 cm³/mol. The first-order valence-electron chi connectivity index (χ1n) is 6.51. The molecule has 0 spiro atoms. The van der Waals surface area contributed by atoms with Crippen molar-refractivity contribution in [2.75, 3.05) is 13.2 Å². The van der Waals surface area contributed by atoms with E-state index >= 15 is 0 Å². The van der Waals surface area contributed by atoms with Gasteiger partial charge < -0.3 is 14.4 Å². The van der Waals surface area contributed by atoms with Gasteiger partial charge in [0.25, 0.3) is 0 Å². The third kappa shape index (κ3) is 2.57. The number of rotatable bonds is 2. The number of amides is 1. The van der Waals surface area contributed by atoms with Crippen LogP contribution >= 0.6 is 0 Å². The summed E-state index contributed by atoms with van der Waals surface area (Å²) in [6.07, 6.45) is 2.86. The molecule has 0 radical (unpaired) electrons. The molecule has 0 aromatic carbocycles. The highest BCUT2D eigenvalue weighted by molar-refractivity contribution is 5.69. The van der Waals surface area contributed by atoms with E-state index in [0.29, 0.717) is 0 Å². The van der Waals surface area contributed by atoms with E-state index in [9.17, 15) is 4.79 Å². The zero-order chi connectivity index (χ0) is 12.7. The van der Waals surface area contributed by atoms with E-state index in [2.05, 4.69) is 6.92 Å². The summed E-state index contributed by atoms with van der Waals surface area (Å²) in [5, 5.41) is 0. The van der Waals surface area contributed by atoms with Crippen LogP contribution in [0.25, 0.3) is 0 Å². The fraction of sp³-hybridized carbons (Fsp3) is 0.923. The van der Waals surface area contributed by atoms with Gasteiger partial charge in [-0.3, -0.25) is 0 Å². The van der Waals surface area contributed by atoms with Crippen LogP contribution in [0, 0.1) is 0 Å². The summed E-state index contributed by atoms with van der Waals surface area (Å²) in [7, 11) is 0. The topological polar surface area (TPSA) is 42.1 Å². The maximum absolute atomic E-state index is 12.1. The van der Waals surface area contributed by atoms with E-state index in [-0.39, 0.29) is 17.7 Å². The Balaban J connectivity index is 2.02. The van der Waals surface area contributed by atoms with Crippen LogP contribution in [0.15, 0.2) is 0 Å². The summed E-state index contributed by atoms with van der Waals surface area (Å²) < 4.78 is 11.0. The number of nitrogens with zero attached hydrogens (tertiary/aromatic N) is 1. The molecular formula is C13H23NO3. The van der Waals surface area contributed by atoms with Crippen LogP contribution in [0.2, 0.25) is 0 Å². The molecule has 0 unspecified atom stereocenters. The number of epoxide rings is 1. The van der Waals surface area contributed by atoms with E-state index in [4.69, 9.17) is 9.47 Å². The quantitative estimate of drug-likeness (QED) is 0.698. The molecular weight excluding hydrogens is 218 g/mol. The maximum atomic E-state index is 12.1. The standard InChI is InChI=1S/C13H23NO3/c1-5-13(9-16-13)10-7-6-8-14(10)11(15)17-12(2,3)4/h10H,5-9H2,1-4H3/t10-,13-/m0/s1. The summed E-state index contributed by atoms with van der Waals surface area (Å²) in [6, 6.07) is 0.211. The van der Waals surface area contributed by atoms with Gasteiger partial charge in [0.05, 0.1) is 12.6 Å². The van der Waals surface area contributed by atoms with E-state index in [1.807, 2.05) is 25.7 Å². The van der Waals surface area contributed by atoms with Crippen LogP contribution < -0.4 is 0 Å². The Bertz CT molecular complexity index is 304. The van der Waals surface area contributed by atoms with Crippen molar-refractivity contribution in [1.82, 2.24) is 4.90 Å². The third-order valence-corrected chi connectivity index (χ3v) is 3.60. The lowest BCUT2D eigenvalue weighted by atomic mass is 9.96. The van der Waals surface area contributed by atoms with Crippen molar-refractivity contribution < 1.29 is 14.3 Å². The normalized spacial score (nSPS) is 32.7. The number of hydrogen-bond acceptors (Lipinski definition) is 3. The second-order valence-corrected chi connectivity index (χ2v) is 6.04. The van der Waals surface area contributed by atoms with Gasteiger partial charge in [-0.1, -0.05) is 6.92 Å². The van der Waals surface area contributed by atoms with Gasteiger partial charge in [-0.05, 0) is 40.0 Å². The van der Waals surface area contributed by atoms with Crippen LogP contribution in [0.1, 0.15) is 47.0 Å². The molecule has 17 heavy (non-hydrogen) atoms. The summed E-state index contributed by atoms with van der Waals surface area (Å²) in [4.78, 5) is 14.0. The van der Waals surface area contributed by atoms with E-state index in [0.717, 1.165) is 32.4 Å². The summed E-state index contributed by atoms with van der Waals surface area (Å²) in [5.74, 6) is 0. The molecule has 4 heteroatoms. The van der Waals surface area contributed by atoms with Gasteiger partial charge in [0, 0.05) is 6.54 Å². The lowest BCUT2D eigenvalue weighted by Crippen LogP contribution is -2.46. The monoisotopic (exact) mass is 241 g/mol. The Morgan fingerprint density at radius 3 is 2.65 bits per heavy atom. The molecule has 2 heterocycles. The largest absolute Gasteiger partial charge is 0.444 e. The van der Waals surface area contributed by atoms with Crippen LogP contribution in [0.4, 0.5) is 4.79 Å². The Labute approximate surface area is 103 Å². The molecule has 2 aliphatic rings. The minimum absolute atomic E-state index is 0.0760. The molecule has 2 rings (SSSR count). The number of hydrogen-bond donors (Lipinski definition) is 0. The Morgan fingerprint density at radius 1 is 1.53 bits per heavy atom. The number of carbonyl (C=O) groups excluding carboxylic acids is 1. The number of carbonyl (C=O) groups is 1. The molecule has 0 aromatic heterocycles. The first kappa shape index (κ1) is 12.7. The lowest BCUT2D eigenvalue weighted by molar-refractivity contribution is 0.0143. The van der Waals surface area contributed by atoms with Crippen LogP contribution in [-0.2, 0) is 9.47 Å². The molecule has 0 bridgehead atoms. The molecule has 1 amide bonds. The van der Waals surface area contributed by atoms with Crippen LogP contribution in [0.3, 0.4) is 0 Å². The zero-order valence-electron chi connectivity index (χ0n) is 11.3. The molecule has 4 nitrogen and oxygen atoms in total. The van der Waals surface area contributed by atoms with Crippen molar-refractivity contribution in [2.24, 2.45) is 0 Å². The highest BCUT2D eigenvalue weighted by atomic mass is 16.6. The maximum Gasteiger partial charge on any atom is 0.410 e. The third-order valence-electron chi connectivity index (χ3n) is 3.60. The highest BCUT2D eigenvalue weighted by Gasteiger charge is 2.55. The fourth-order valence-corrected chi connectivity index (χ4v) is 2.58. The molecule has 2 saturated heterocycles. The molecule has 98 valence electrons. The summed E-state index contributed by atoms with van der Waals surface area (Å²) in [5.41, 5.74) is -0.499. The van der Waals surface area contributed by atoms with Crippen molar-refractivity contribution in [3.63, 3.8) is 0 Å². The molecule has 2 aliphatic heterocycles. The van der Waals surface area contributed by atoms with E-state index in [1.165, 1.54) is 0 Å². The fourth-order valence-electron chi connectivity index (χ4n) is 2.58.